The number of halogens is 2. The molecule has 2 aromatic carbocycles. The summed E-state index contributed by atoms with van der Waals surface area (Å²) in [4.78, 5) is 28.1. The number of nitrogens with two attached hydrogens (primary N) is 1. The molecule has 4 rings (SSSR count). The van der Waals surface area contributed by atoms with Crippen molar-refractivity contribution in [3.63, 3.8) is 0 Å². The van der Waals surface area contributed by atoms with Crippen molar-refractivity contribution < 1.29 is 18.4 Å². The van der Waals surface area contributed by atoms with Crippen LogP contribution in [-0.2, 0) is 16.1 Å². The van der Waals surface area contributed by atoms with E-state index in [1.54, 1.807) is 0 Å². The maximum Gasteiger partial charge on any atom is 0.233 e. The fraction of sp³-hybridized carbons (Fsp3) is 0.471. The molecule has 4 N–H and O–H groups in total. The first-order chi connectivity index (χ1) is 21.1. The average molecular weight is 626 g/mol. The Bertz CT molecular complexity index is 1390. The summed E-state index contributed by atoms with van der Waals surface area (Å²) in [6, 6.07) is 15.2. The normalized spacial score (nSPS) is 15.7. The molecule has 2 heterocycles. The highest BCUT2D eigenvalue weighted by Crippen LogP contribution is 2.41. The Morgan fingerprint density at radius 3 is 2.61 bits per heavy atom. The molecule has 3 aromatic rings. The summed E-state index contributed by atoms with van der Waals surface area (Å²) in [6.45, 7) is 9.09. The smallest absolute Gasteiger partial charge is 0.233 e. The first kappa shape index (κ1) is 33.7. The van der Waals surface area contributed by atoms with Crippen LogP contribution in [0.15, 0.2) is 60.8 Å². The quantitative estimate of drug-likeness (QED) is 0.210. The molecule has 10 heteroatoms. The monoisotopic (exact) mass is 625 g/mol. The van der Waals surface area contributed by atoms with E-state index in [0.717, 1.165) is 42.8 Å². The van der Waals surface area contributed by atoms with E-state index in [4.69, 9.17) is 5.73 Å². The molecule has 0 saturated carbocycles. The van der Waals surface area contributed by atoms with E-state index in [-0.39, 0.29) is 35.2 Å². The molecule has 0 spiro atoms. The lowest BCUT2D eigenvalue weighted by molar-refractivity contribution is -0.134. The summed E-state index contributed by atoms with van der Waals surface area (Å²) in [5.41, 5.74) is 7.74. The number of hydrogen-bond donors (Lipinski definition) is 3. The Morgan fingerprint density at radius 2 is 1.93 bits per heavy atom. The molecule has 1 saturated heterocycles. The number of nitrogens with zero attached hydrogens (tertiary/aromatic N) is 2. The van der Waals surface area contributed by atoms with Gasteiger partial charge in [0, 0.05) is 67.4 Å². The van der Waals surface area contributed by atoms with Gasteiger partial charge < -0.3 is 25.8 Å². The van der Waals surface area contributed by atoms with Crippen molar-refractivity contribution in [3.8, 4) is 11.1 Å². The van der Waals surface area contributed by atoms with Gasteiger partial charge in [-0.15, -0.1) is 0 Å². The molecule has 1 aliphatic heterocycles. The number of carbonyl (C=O) groups is 2. The summed E-state index contributed by atoms with van der Waals surface area (Å²) in [5.74, 6) is -0.358. The zero-order valence-electron chi connectivity index (χ0n) is 26.0. The van der Waals surface area contributed by atoms with Crippen LogP contribution in [0.25, 0.3) is 11.1 Å². The van der Waals surface area contributed by atoms with Crippen LogP contribution < -0.4 is 16.4 Å². The zero-order chi connectivity index (χ0) is 31.7. The molecule has 0 aliphatic carbocycles. The van der Waals surface area contributed by atoms with Crippen molar-refractivity contribution in [1.82, 2.24) is 20.1 Å². The van der Waals surface area contributed by atoms with Crippen LogP contribution in [0, 0.1) is 17.0 Å². The predicted molar refractivity (Wildman–Crippen MR) is 174 cm³/mol. The summed E-state index contributed by atoms with van der Waals surface area (Å²) in [6.07, 6.45) is 4.20. The van der Waals surface area contributed by atoms with Gasteiger partial charge in [0.05, 0.1) is 11.8 Å². The van der Waals surface area contributed by atoms with Gasteiger partial charge in [-0.1, -0.05) is 51.1 Å². The number of rotatable bonds is 14. The maximum atomic E-state index is 15.0. The Kier molecular flexibility index (Phi) is 12.0. The van der Waals surface area contributed by atoms with Crippen LogP contribution in [0.2, 0.25) is 0 Å². The van der Waals surface area contributed by atoms with Crippen LogP contribution in [0.4, 0.5) is 8.78 Å². The Labute approximate surface area is 264 Å². The molecule has 0 bridgehead atoms. The van der Waals surface area contributed by atoms with E-state index in [9.17, 15) is 14.0 Å². The molecule has 7 nitrogen and oxygen atoms in total. The number of hydrogen-bond acceptors (Lipinski definition) is 5. The van der Waals surface area contributed by atoms with Crippen LogP contribution in [0.3, 0.4) is 0 Å². The number of aromatic nitrogens is 1. The van der Waals surface area contributed by atoms with Gasteiger partial charge in [-0.3, -0.25) is 9.59 Å². The molecule has 2 amide bonds. The van der Waals surface area contributed by atoms with Crippen molar-refractivity contribution in [2.45, 2.75) is 58.7 Å². The molecule has 238 valence electrons. The van der Waals surface area contributed by atoms with Gasteiger partial charge in [0.1, 0.15) is 11.6 Å². The lowest BCUT2D eigenvalue weighted by atomic mass is 9.82. The standard InChI is InChI=1S/C34H45F2N5O2S/c1-34(2,3)33(41(22-27-10-7-15-38-27)32(43)23-44-17-13-31(42)39-16-14-37)30-18-25(28-19-26(35)11-12-29(28)36)21-40(30)20-24-8-5-4-6-9-24/h4-6,8-9,11-12,18-19,21,27,33,38H,7,10,13-17,20,22-23,37H2,1-3H3,(H,39,42)/t27?,33-/m0/s1. The molecule has 2 atom stereocenters. The number of carbonyl (C=O) groups excluding carboxylic acids is 2. The highest BCUT2D eigenvalue weighted by Gasteiger charge is 2.38. The molecular formula is C34H45F2N5O2S. The molecule has 1 aliphatic rings. The molecule has 0 radical (unpaired) electrons. The van der Waals surface area contributed by atoms with Crippen molar-refractivity contribution in [2.24, 2.45) is 11.1 Å². The molecule has 1 unspecified atom stereocenters. The van der Waals surface area contributed by atoms with E-state index in [0.29, 0.717) is 43.9 Å². The minimum absolute atomic E-state index is 0.0167. The van der Waals surface area contributed by atoms with Crippen molar-refractivity contribution >= 4 is 23.6 Å². The third kappa shape index (κ3) is 9.15. The minimum Gasteiger partial charge on any atom is -0.355 e. The van der Waals surface area contributed by atoms with E-state index < -0.39 is 17.0 Å². The second-order valence-corrected chi connectivity index (χ2v) is 13.5. The van der Waals surface area contributed by atoms with Crippen molar-refractivity contribution in [1.29, 1.82) is 0 Å². The number of thioether (sulfide) groups is 1. The van der Waals surface area contributed by atoms with Crippen LogP contribution in [0.1, 0.15) is 57.3 Å². The van der Waals surface area contributed by atoms with Crippen LogP contribution in [0.5, 0.6) is 0 Å². The van der Waals surface area contributed by atoms with Gasteiger partial charge in [-0.05, 0) is 54.6 Å². The number of amides is 2. The summed E-state index contributed by atoms with van der Waals surface area (Å²) in [5, 5.41) is 6.31. The SMILES string of the molecule is CC(C)(C)[C@H](c1cc(-c2cc(F)ccc2F)cn1Cc1ccccc1)N(CC1CCCN1)C(=O)CSCCC(=O)NCCN. The topological polar surface area (TPSA) is 92.4 Å². The van der Waals surface area contributed by atoms with Crippen molar-refractivity contribution in [3.05, 3.63) is 83.7 Å². The fourth-order valence-electron chi connectivity index (χ4n) is 5.82. The summed E-state index contributed by atoms with van der Waals surface area (Å²) in [7, 11) is 0. The Morgan fingerprint density at radius 1 is 1.16 bits per heavy atom. The Hall–Kier alpha value is -3.21. The van der Waals surface area contributed by atoms with E-state index in [1.165, 1.54) is 17.8 Å². The molecule has 1 fully saturated rings. The lowest BCUT2D eigenvalue weighted by Gasteiger charge is -2.42. The van der Waals surface area contributed by atoms with Gasteiger partial charge in [-0.2, -0.15) is 11.8 Å². The van der Waals surface area contributed by atoms with Gasteiger partial charge in [0.25, 0.3) is 0 Å². The molecular weight excluding hydrogens is 580 g/mol. The van der Waals surface area contributed by atoms with Gasteiger partial charge in [-0.25, -0.2) is 8.78 Å². The third-order valence-corrected chi connectivity index (χ3v) is 8.79. The maximum absolute atomic E-state index is 15.0. The summed E-state index contributed by atoms with van der Waals surface area (Å²) < 4.78 is 31.4. The molecule has 1 aromatic heterocycles. The van der Waals surface area contributed by atoms with Gasteiger partial charge in [0.2, 0.25) is 11.8 Å². The zero-order valence-corrected chi connectivity index (χ0v) is 26.8. The largest absolute Gasteiger partial charge is 0.355 e. The molecule has 44 heavy (non-hydrogen) atoms. The van der Waals surface area contributed by atoms with Crippen LogP contribution >= 0.6 is 11.8 Å². The fourth-order valence-corrected chi connectivity index (χ4v) is 6.63. The second kappa shape index (κ2) is 15.7. The highest BCUT2D eigenvalue weighted by atomic mass is 32.2. The second-order valence-electron chi connectivity index (χ2n) is 12.4. The minimum atomic E-state index is -0.510. The van der Waals surface area contributed by atoms with Crippen molar-refractivity contribution in [2.75, 3.05) is 37.7 Å². The van der Waals surface area contributed by atoms with Gasteiger partial charge in [0.15, 0.2) is 0 Å². The first-order valence-electron chi connectivity index (χ1n) is 15.3. The number of benzene rings is 2. The summed E-state index contributed by atoms with van der Waals surface area (Å²) >= 11 is 1.44. The van der Waals surface area contributed by atoms with E-state index in [2.05, 4.69) is 36.0 Å². The van der Waals surface area contributed by atoms with Gasteiger partial charge >= 0.3 is 0 Å². The highest BCUT2D eigenvalue weighted by molar-refractivity contribution is 7.99. The Balaban J connectivity index is 1.71. The van der Waals surface area contributed by atoms with Crippen LogP contribution in [-0.4, -0.2) is 65.0 Å². The third-order valence-electron chi connectivity index (χ3n) is 7.84. The lowest BCUT2D eigenvalue weighted by Crippen LogP contribution is -2.48. The van der Waals surface area contributed by atoms with E-state index >= 15 is 4.39 Å². The predicted octanol–water partition coefficient (Wildman–Crippen LogP) is 5.35. The number of nitrogens with one attached hydrogen (secondary N) is 2. The average Bonchev–Trinajstić information content (AvgIpc) is 3.65. The first-order valence-corrected chi connectivity index (χ1v) is 16.5. The van der Waals surface area contributed by atoms with E-state index in [1.807, 2.05) is 47.5 Å².